The van der Waals surface area contributed by atoms with Gasteiger partial charge in [0.15, 0.2) is 5.00 Å². The van der Waals surface area contributed by atoms with E-state index in [0.29, 0.717) is 11.5 Å². The Bertz CT molecular complexity index is 266. The van der Waals surface area contributed by atoms with Crippen LogP contribution in [0.1, 0.15) is 6.42 Å². The minimum Gasteiger partial charge on any atom is -0.211 e. The van der Waals surface area contributed by atoms with E-state index in [1.54, 1.807) is 18.2 Å². The molecular formula is C7H5Cl2NO. The number of hydrogen-bond acceptors (Lipinski definition) is 2. The molecule has 0 aromatic rings. The van der Waals surface area contributed by atoms with Gasteiger partial charge in [-0.3, -0.25) is 0 Å². The molecule has 0 amide bonds. The summed E-state index contributed by atoms with van der Waals surface area (Å²) in [5.74, 6) is 0. The maximum atomic E-state index is 9.90. The SMILES string of the molecule is O=C=NC1(Cl)C=CC(Cl)=CC1. The van der Waals surface area contributed by atoms with Crippen molar-refractivity contribution in [3.05, 3.63) is 23.3 Å². The summed E-state index contributed by atoms with van der Waals surface area (Å²) in [6, 6.07) is 0. The van der Waals surface area contributed by atoms with Gasteiger partial charge in [-0.25, -0.2) is 4.79 Å². The Balaban J connectivity index is 2.81. The van der Waals surface area contributed by atoms with Crippen LogP contribution in [0, 0.1) is 0 Å². The van der Waals surface area contributed by atoms with Crippen LogP contribution in [0.4, 0.5) is 0 Å². The van der Waals surface area contributed by atoms with Crippen LogP contribution in [0.15, 0.2) is 28.3 Å². The summed E-state index contributed by atoms with van der Waals surface area (Å²) < 4.78 is 0. The topological polar surface area (TPSA) is 29.4 Å². The van der Waals surface area contributed by atoms with Crippen molar-refractivity contribution >= 4 is 29.3 Å². The molecule has 1 atom stereocenters. The van der Waals surface area contributed by atoms with Gasteiger partial charge in [-0.05, 0) is 12.2 Å². The second kappa shape index (κ2) is 3.22. The van der Waals surface area contributed by atoms with Crippen LogP contribution in [-0.4, -0.2) is 11.1 Å². The zero-order valence-electron chi connectivity index (χ0n) is 5.55. The molecule has 1 rings (SSSR count). The smallest absolute Gasteiger partial charge is 0.211 e. The molecule has 0 aromatic carbocycles. The van der Waals surface area contributed by atoms with Crippen LogP contribution in [0.2, 0.25) is 0 Å². The predicted molar refractivity (Wildman–Crippen MR) is 44.4 cm³/mol. The Morgan fingerprint density at radius 3 is 2.91 bits per heavy atom. The number of carbonyl (C=O) groups excluding carboxylic acids is 1. The Kier molecular flexibility index (Phi) is 2.50. The van der Waals surface area contributed by atoms with Crippen molar-refractivity contribution in [1.29, 1.82) is 0 Å². The van der Waals surface area contributed by atoms with Crippen LogP contribution in [-0.2, 0) is 4.79 Å². The summed E-state index contributed by atoms with van der Waals surface area (Å²) >= 11 is 11.4. The summed E-state index contributed by atoms with van der Waals surface area (Å²) in [4.78, 5) is 12.4. The minimum atomic E-state index is -0.958. The molecule has 0 aliphatic heterocycles. The van der Waals surface area contributed by atoms with Crippen LogP contribution in [0.5, 0.6) is 0 Å². The molecule has 0 N–H and O–H groups in total. The quantitative estimate of drug-likeness (QED) is 0.270. The standard InChI is InChI=1S/C7H5Cl2NO/c8-6-1-3-7(9,4-2-6)10-5-11/h1-3H,4H2. The molecule has 0 spiro atoms. The molecule has 11 heavy (non-hydrogen) atoms. The molecule has 0 saturated carbocycles. The van der Waals surface area contributed by atoms with Crippen LogP contribution >= 0.6 is 23.2 Å². The van der Waals surface area contributed by atoms with Crippen molar-refractivity contribution in [1.82, 2.24) is 0 Å². The van der Waals surface area contributed by atoms with Gasteiger partial charge in [0.25, 0.3) is 0 Å². The first-order chi connectivity index (χ1) is 5.16. The number of aliphatic imine (C=N–C) groups is 1. The Morgan fingerprint density at radius 1 is 1.73 bits per heavy atom. The normalized spacial score (nSPS) is 29.1. The van der Waals surface area contributed by atoms with Gasteiger partial charge in [-0.1, -0.05) is 29.3 Å². The number of rotatable bonds is 1. The highest BCUT2D eigenvalue weighted by molar-refractivity contribution is 6.32. The maximum Gasteiger partial charge on any atom is 0.237 e. The number of alkyl halides is 1. The van der Waals surface area contributed by atoms with Gasteiger partial charge in [0, 0.05) is 11.5 Å². The van der Waals surface area contributed by atoms with E-state index in [1.807, 2.05) is 0 Å². The lowest BCUT2D eigenvalue weighted by molar-refractivity contribution is 0.557. The van der Waals surface area contributed by atoms with Crippen molar-refractivity contribution in [3.8, 4) is 0 Å². The molecule has 2 nitrogen and oxygen atoms in total. The van der Waals surface area contributed by atoms with Crippen molar-refractivity contribution in [2.24, 2.45) is 4.99 Å². The largest absolute Gasteiger partial charge is 0.237 e. The maximum absolute atomic E-state index is 9.90. The summed E-state index contributed by atoms with van der Waals surface area (Å²) in [6.07, 6.45) is 6.73. The van der Waals surface area contributed by atoms with Gasteiger partial charge in [-0.2, -0.15) is 4.99 Å². The number of allylic oxidation sites excluding steroid dienone is 2. The van der Waals surface area contributed by atoms with Crippen molar-refractivity contribution in [2.45, 2.75) is 11.4 Å². The zero-order valence-corrected chi connectivity index (χ0v) is 7.06. The van der Waals surface area contributed by atoms with E-state index < -0.39 is 5.00 Å². The third-order valence-electron chi connectivity index (χ3n) is 1.31. The van der Waals surface area contributed by atoms with Gasteiger partial charge >= 0.3 is 0 Å². The fraction of sp³-hybridized carbons (Fsp3) is 0.286. The van der Waals surface area contributed by atoms with E-state index in [2.05, 4.69) is 4.99 Å². The number of isocyanates is 1. The second-order valence-electron chi connectivity index (χ2n) is 2.15. The van der Waals surface area contributed by atoms with E-state index >= 15 is 0 Å². The third-order valence-corrected chi connectivity index (χ3v) is 1.96. The molecule has 1 aliphatic carbocycles. The lowest BCUT2D eigenvalue weighted by atomic mass is 10.1. The molecule has 0 aromatic heterocycles. The van der Waals surface area contributed by atoms with E-state index in [-0.39, 0.29) is 0 Å². The molecule has 1 aliphatic rings. The summed E-state index contributed by atoms with van der Waals surface area (Å²) in [6.45, 7) is 0. The average Bonchev–Trinajstić information content (AvgIpc) is 1.97. The van der Waals surface area contributed by atoms with E-state index in [1.165, 1.54) is 6.08 Å². The molecule has 1 unspecified atom stereocenters. The highest BCUT2D eigenvalue weighted by atomic mass is 35.5. The van der Waals surface area contributed by atoms with Gasteiger partial charge < -0.3 is 0 Å². The number of hydrogen-bond donors (Lipinski definition) is 0. The molecule has 0 bridgehead atoms. The molecule has 0 heterocycles. The fourth-order valence-electron chi connectivity index (χ4n) is 0.743. The molecule has 58 valence electrons. The summed E-state index contributed by atoms with van der Waals surface area (Å²) in [7, 11) is 0. The van der Waals surface area contributed by atoms with Crippen LogP contribution in [0.3, 0.4) is 0 Å². The highest BCUT2D eigenvalue weighted by Crippen LogP contribution is 2.29. The van der Waals surface area contributed by atoms with Gasteiger partial charge in [0.2, 0.25) is 6.08 Å². The monoisotopic (exact) mass is 189 g/mol. The third kappa shape index (κ3) is 2.19. The van der Waals surface area contributed by atoms with Gasteiger partial charge in [0.1, 0.15) is 0 Å². The average molecular weight is 190 g/mol. The van der Waals surface area contributed by atoms with Crippen LogP contribution in [0.25, 0.3) is 0 Å². The first-order valence-corrected chi connectivity index (χ1v) is 3.75. The van der Waals surface area contributed by atoms with E-state index in [9.17, 15) is 4.79 Å². The highest BCUT2D eigenvalue weighted by Gasteiger charge is 2.23. The lowest BCUT2D eigenvalue weighted by Crippen LogP contribution is -2.15. The predicted octanol–water partition coefficient (Wildman–Crippen LogP) is 2.34. The van der Waals surface area contributed by atoms with E-state index in [4.69, 9.17) is 23.2 Å². The molecule has 0 radical (unpaired) electrons. The summed E-state index contributed by atoms with van der Waals surface area (Å²) in [5.41, 5.74) is 0. The zero-order chi connectivity index (χ0) is 8.32. The Hall–Kier alpha value is -0.560. The van der Waals surface area contributed by atoms with Crippen molar-refractivity contribution < 1.29 is 4.79 Å². The van der Waals surface area contributed by atoms with Crippen LogP contribution < -0.4 is 0 Å². The Labute approximate surface area is 74.2 Å². The fourth-order valence-corrected chi connectivity index (χ4v) is 1.06. The minimum absolute atomic E-state index is 0.430. The summed E-state index contributed by atoms with van der Waals surface area (Å²) in [5, 5.41) is 0.613. The van der Waals surface area contributed by atoms with Crippen molar-refractivity contribution in [2.75, 3.05) is 0 Å². The Morgan fingerprint density at radius 2 is 2.45 bits per heavy atom. The molecule has 4 heteroatoms. The van der Waals surface area contributed by atoms with Gasteiger partial charge in [0.05, 0.1) is 0 Å². The second-order valence-corrected chi connectivity index (χ2v) is 3.24. The number of nitrogens with zero attached hydrogens (tertiary/aromatic N) is 1. The lowest BCUT2D eigenvalue weighted by Gasteiger charge is -2.16. The number of halogens is 2. The molecule has 0 saturated heterocycles. The molecular weight excluding hydrogens is 185 g/mol. The first-order valence-electron chi connectivity index (χ1n) is 2.99. The first kappa shape index (κ1) is 8.54. The van der Waals surface area contributed by atoms with E-state index in [0.717, 1.165) is 0 Å². The molecule has 0 fully saturated rings. The van der Waals surface area contributed by atoms with Gasteiger partial charge in [-0.15, -0.1) is 0 Å². The van der Waals surface area contributed by atoms with Crippen molar-refractivity contribution in [3.63, 3.8) is 0 Å².